The number of aromatic hydroxyl groups is 1. The third-order valence-electron chi connectivity index (χ3n) is 4.08. The molecule has 0 bridgehead atoms. The minimum Gasteiger partial charge on any atom is -0.507 e. The van der Waals surface area contributed by atoms with E-state index in [2.05, 4.69) is 5.32 Å². The van der Waals surface area contributed by atoms with Crippen molar-refractivity contribution in [2.45, 2.75) is 19.3 Å². The topological polar surface area (TPSA) is 102 Å². The monoisotopic (exact) mass is 409 g/mol. The standard InChI is InChI=1S/C18H16ClNO6S/c1-25-18(24)15-11-3-2-4-13(11)27-16(15)20-14(22)8-26-17(23)10-6-5-9(19)7-12(10)21/h5-7,21H,2-4,8H2,1H3,(H,20,22). The van der Waals surface area contributed by atoms with Gasteiger partial charge in [0.15, 0.2) is 6.61 Å². The van der Waals surface area contributed by atoms with Gasteiger partial charge in [0.05, 0.1) is 12.7 Å². The number of phenolic OH excluding ortho intramolecular Hbond substituents is 1. The zero-order valence-electron chi connectivity index (χ0n) is 14.3. The fourth-order valence-electron chi connectivity index (χ4n) is 2.86. The van der Waals surface area contributed by atoms with Gasteiger partial charge in [-0.2, -0.15) is 0 Å². The highest BCUT2D eigenvalue weighted by molar-refractivity contribution is 7.17. The fourth-order valence-corrected chi connectivity index (χ4v) is 4.32. The summed E-state index contributed by atoms with van der Waals surface area (Å²) >= 11 is 7.04. The molecule has 27 heavy (non-hydrogen) atoms. The van der Waals surface area contributed by atoms with Gasteiger partial charge in [-0.15, -0.1) is 11.3 Å². The average molecular weight is 410 g/mol. The molecule has 0 saturated carbocycles. The maximum absolute atomic E-state index is 12.2. The van der Waals surface area contributed by atoms with Crippen molar-refractivity contribution in [2.75, 3.05) is 19.0 Å². The molecule has 1 heterocycles. The Morgan fingerprint density at radius 3 is 2.74 bits per heavy atom. The number of ether oxygens (including phenoxy) is 2. The highest BCUT2D eigenvalue weighted by atomic mass is 35.5. The van der Waals surface area contributed by atoms with E-state index in [0.717, 1.165) is 29.7 Å². The number of amides is 1. The van der Waals surface area contributed by atoms with E-state index in [-0.39, 0.29) is 16.3 Å². The first kappa shape index (κ1) is 19.2. The molecule has 3 rings (SSSR count). The van der Waals surface area contributed by atoms with Crippen LogP contribution in [0.1, 0.15) is 37.6 Å². The summed E-state index contributed by atoms with van der Waals surface area (Å²) in [4.78, 5) is 37.3. The van der Waals surface area contributed by atoms with E-state index in [4.69, 9.17) is 21.1 Å². The molecular formula is C18H16ClNO6S. The summed E-state index contributed by atoms with van der Waals surface area (Å²) in [6.45, 7) is -0.565. The van der Waals surface area contributed by atoms with Gasteiger partial charge in [0, 0.05) is 9.90 Å². The number of methoxy groups -OCH3 is 1. The first-order chi connectivity index (χ1) is 12.9. The van der Waals surface area contributed by atoms with Crippen LogP contribution < -0.4 is 5.32 Å². The summed E-state index contributed by atoms with van der Waals surface area (Å²) in [6, 6.07) is 3.93. The van der Waals surface area contributed by atoms with Crippen molar-refractivity contribution in [3.05, 3.63) is 44.8 Å². The summed E-state index contributed by atoms with van der Waals surface area (Å²) in [5, 5.41) is 13.0. The fraction of sp³-hybridized carbons (Fsp3) is 0.278. The molecule has 0 saturated heterocycles. The second-order valence-electron chi connectivity index (χ2n) is 5.84. The number of aryl methyl sites for hydroxylation is 1. The summed E-state index contributed by atoms with van der Waals surface area (Å²) in [5.74, 6) is -2.30. The largest absolute Gasteiger partial charge is 0.507 e. The Morgan fingerprint density at radius 1 is 1.26 bits per heavy atom. The zero-order valence-corrected chi connectivity index (χ0v) is 15.9. The molecule has 0 radical (unpaired) electrons. The van der Waals surface area contributed by atoms with Crippen LogP contribution in [0.2, 0.25) is 5.02 Å². The summed E-state index contributed by atoms with van der Waals surface area (Å²) in [7, 11) is 1.29. The smallest absolute Gasteiger partial charge is 0.342 e. The lowest BCUT2D eigenvalue weighted by molar-refractivity contribution is -0.119. The highest BCUT2D eigenvalue weighted by Gasteiger charge is 2.28. The molecule has 0 fully saturated rings. The van der Waals surface area contributed by atoms with E-state index in [9.17, 15) is 19.5 Å². The molecule has 1 aromatic carbocycles. The molecule has 2 N–H and O–H groups in total. The van der Waals surface area contributed by atoms with Crippen LogP contribution in [0.5, 0.6) is 5.75 Å². The van der Waals surface area contributed by atoms with Crippen molar-refractivity contribution in [3.8, 4) is 5.75 Å². The molecular weight excluding hydrogens is 394 g/mol. The molecule has 7 nitrogen and oxygen atoms in total. The first-order valence-electron chi connectivity index (χ1n) is 8.09. The van der Waals surface area contributed by atoms with E-state index in [0.29, 0.717) is 10.6 Å². The summed E-state index contributed by atoms with van der Waals surface area (Å²) in [5.41, 5.74) is 1.17. The van der Waals surface area contributed by atoms with E-state index in [1.165, 1.54) is 36.6 Å². The highest BCUT2D eigenvalue weighted by Crippen LogP contribution is 2.39. The average Bonchev–Trinajstić information content (AvgIpc) is 3.19. The Morgan fingerprint density at radius 2 is 2.04 bits per heavy atom. The molecule has 0 spiro atoms. The third kappa shape index (κ3) is 4.06. The number of fused-ring (bicyclic) bond motifs is 1. The Balaban J connectivity index is 1.66. The minimum absolute atomic E-state index is 0.0995. The van der Waals surface area contributed by atoms with Crippen LogP contribution >= 0.6 is 22.9 Å². The second-order valence-corrected chi connectivity index (χ2v) is 7.38. The molecule has 9 heteroatoms. The molecule has 0 unspecified atom stereocenters. The van der Waals surface area contributed by atoms with E-state index >= 15 is 0 Å². The van der Waals surface area contributed by atoms with Crippen LogP contribution in [0.25, 0.3) is 0 Å². The Hall–Kier alpha value is -2.58. The summed E-state index contributed by atoms with van der Waals surface area (Å²) < 4.78 is 9.73. The van der Waals surface area contributed by atoms with Crippen LogP contribution in [-0.4, -0.2) is 36.7 Å². The maximum Gasteiger partial charge on any atom is 0.342 e. The van der Waals surface area contributed by atoms with Crippen LogP contribution in [0.3, 0.4) is 0 Å². The molecule has 1 aliphatic carbocycles. The quantitative estimate of drug-likeness (QED) is 0.735. The van der Waals surface area contributed by atoms with Gasteiger partial charge in [0.2, 0.25) is 0 Å². The summed E-state index contributed by atoms with van der Waals surface area (Å²) in [6.07, 6.45) is 2.57. The van der Waals surface area contributed by atoms with Crippen molar-refractivity contribution in [2.24, 2.45) is 0 Å². The van der Waals surface area contributed by atoms with Gasteiger partial charge in [-0.1, -0.05) is 11.6 Å². The van der Waals surface area contributed by atoms with Crippen molar-refractivity contribution < 1.29 is 29.0 Å². The number of nitrogens with one attached hydrogen (secondary N) is 1. The number of hydrogen-bond donors (Lipinski definition) is 2. The lowest BCUT2D eigenvalue weighted by Crippen LogP contribution is -2.21. The predicted octanol–water partition coefficient (Wildman–Crippen LogP) is 3.18. The number of benzene rings is 1. The molecule has 2 aromatic rings. The molecule has 1 aliphatic rings. The number of halogens is 1. The zero-order chi connectivity index (χ0) is 19.6. The number of carbonyl (C=O) groups is 3. The molecule has 142 valence electrons. The maximum atomic E-state index is 12.2. The van der Waals surface area contributed by atoms with Gasteiger partial charge in [0.25, 0.3) is 5.91 Å². The van der Waals surface area contributed by atoms with Crippen molar-refractivity contribution in [1.29, 1.82) is 0 Å². The number of rotatable bonds is 5. The Kier molecular flexibility index (Phi) is 5.67. The van der Waals surface area contributed by atoms with E-state index in [1.807, 2.05) is 0 Å². The van der Waals surface area contributed by atoms with Gasteiger partial charge in [-0.25, -0.2) is 9.59 Å². The normalized spacial score (nSPS) is 12.4. The van der Waals surface area contributed by atoms with Gasteiger partial charge in [-0.05, 0) is 43.0 Å². The molecule has 1 aromatic heterocycles. The van der Waals surface area contributed by atoms with Crippen molar-refractivity contribution in [1.82, 2.24) is 0 Å². The van der Waals surface area contributed by atoms with Crippen LogP contribution in [0.15, 0.2) is 18.2 Å². The van der Waals surface area contributed by atoms with Gasteiger partial charge < -0.3 is 19.9 Å². The lowest BCUT2D eigenvalue weighted by atomic mass is 10.1. The second kappa shape index (κ2) is 7.98. The van der Waals surface area contributed by atoms with Crippen LogP contribution in [-0.2, 0) is 27.1 Å². The number of anilines is 1. The van der Waals surface area contributed by atoms with Crippen molar-refractivity contribution in [3.63, 3.8) is 0 Å². The predicted molar refractivity (Wildman–Crippen MR) is 99.7 cm³/mol. The van der Waals surface area contributed by atoms with E-state index < -0.39 is 24.5 Å². The van der Waals surface area contributed by atoms with Gasteiger partial charge in [0.1, 0.15) is 16.3 Å². The molecule has 1 amide bonds. The Labute approximate surface area is 163 Å². The lowest BCUT2D eigenvalue weighted by Gasteiger charge is -2.08. The van der Waals surface area contributed by atoms with E-state index in [1.54, 1.807) is 0 Å². The third-order valence-corrected chi connectivity index (χ3v) is 5.52. The SMILES string of the molecule is COC(=O)c1c(NC(=O)COC(=O)c2ccc(Cl)cc2O)sc2c1CCC2. The number of esters is 2. The molecule has 0 aliphatic heterocycles. The van der Waals surface area contributed by atoms with Crippen LogP contribution in [0, 0.1) is 0 Å². The van der Waals surface area contributed by atoms with Crippen molar-refractivity contribution >= 4 is 45.8 Å². The number of phenols is 1. The first-order valence-corrected chi connectivity index (χ1v) is 9.28. The Bertz CT molecular complexity index is 923. The minimum atomic E-state index is -0.860. The number of thiophene rings is 1. The molecule has 0 atom stereocenters. The van der Waals surface area contributed by atoms with Gasteiger partial charge in [-0.3, -0.25) is 4.79 Å². The number of carbonyl (C=O) groups excluding carboxylic acids is 3. The number of hydrogen-bond acceptors (Lipinski definition) is 7. The van der Waals surface area contributed by atoms with Gasteiger partial charge >= 0.3 is 11.9 Å². The van der Waals surface area contributed by atoms with Crippen LogP contribution in [0.4, 0.5) is 5.00 Å².